The van der Waals surface area contributed by atoms with Gasteiger partial charge in [-0.3, -0.25) is 11.1 Å². The van der Waals surface area contributed by atoms with E-state index in [0.717, 1.165) is 5.75 Å². The van der Waals surface area contributed by atoms with Crippen molar-refractivity contribution in [2.75, 3.05) is 5.75 Å². The molecule has 0 unspecified atom stereocenters. The van der Waals surface area contributed by atoms with E-state index in [9.17, 15) is 0 Å². The van der Waals surface area contributed by atoms with Gasteiger partial charge >= 0.3 is 0 Å². The van der Waals surface area contributed by atoms with Crippen LogP contribution in [0.5, 0.6) is 0 Å². The van der Waals surface area contributed by atoms with E-state index >= 15 is 0 Å². The number of thioether (sulfide) groups is 1. The van der Waals surface area contributed by atoms with Crippen molar-refractivity contribution in [3.8, 4) is 0 Å². The van der Waals surface area contributed by atoms with Gasteiger partial charge in [0.1, 0.15) is 0 Å². The molecule has 0 amide bonds. The molecule has 0 aliphatic rings. The molecule has 104 valence electrons. The van der Waals surface area contributed by atoms with Crippen molar-refractivity contribution in [3.63, 3.8) is 0 Å². The molecule has 0 spiro atoms. The molecule has 0 radical (unpaired) electrons. The van der Waals surface area contributed by atoms with Gasteiger partial charge < -0.3 is 12.4 Å². The Hall–Kier alpha value is 0.110. The number of nitrogens with two attached hydrogens (primary N) is 2. The average Bonchev–Trinajstić information content (AvgIpc) is 2.25. The summed E-state index contributed by atoms with van der Waals surface area (Å²) in [6, 6.07) is 0. The van der Waals surface area contributed by atoms with Gasteiger partial charge in [-0.15, -0.1) is 0 Å². The quantitative estimate of drug-likeness (QED) is 0.311. The number of amidine groups is 1. The second kappa shape index (κ2) is 16.1. The maximum absolute atomic E-state index is 5.37. The molecule has 0 aromatic carbocycles. The fourth-order valence-electron chi connectivity index (χ4n) is 1.78. The molecule has 17 heavy (non-hydrogen) atoms. The van der Waals surface area contributed by atoms with Gasteiger partial charge in [-0.1, -0.05) is 64.7 Å². The number of halogens is 1. The molecule has 0 aromatic rings. The van der Waals surface area contributed by atoms with Crippen molar-refractivity contribution in [3.05, 3.63) is 0 Å². The summed E-state index contributed by atoms with van der Waals surface area (Å²) >= 11 is 1.58. The monoisotopic (exact) mass is 280 g/mol. The zero-order valence-corrected chi connectivity index (χ0v) is 12.8. The summed E-state index contributed by atoms with van der Waals surface area (Å²) in [5.74, 6) is 1.08. The molecule has 0 aliphatic heterocycles. The minimum Gasteiger partial charge on any atom is -1.00 e. The van der Waals surface area contributed by atoms with Gasteiger partial charge in [-0.05, 0) is 18.2 Å². The molecular weight excluding hydrogens is 252 g/mol. The lowest BCUT2D eigenvalue weighted by molar-refractivity contribution is -0.110. The SMILES string of the molecule is CCCCCCCCCCCCSC(N)=[NH2+].[Cl-]. The molecule has 0 saturated carbocycles. The first kappa shape index (κ1) is 19.4. The highest BCUT2D eigenvalue weighted by molar-refractivity contribution is 8.13. The smallest absolute Gasteiger partial charge is 0.299 e. The average molecular weight is 281 g/mol. The highest BCUT2D eigenvalue weighted by atomic mass is 35.5. The van der Waals surface area contributed by atoms with Gasteiger partial charge in [0.2, 0.25) is 0 Å². The summed E-state index contributed by atoms with van der Waals surface area (Å²) in [7, 11) is 0. The fourth-order valence-corrected chi connectivity index (χ4v) is 2.36. The molecule has 0 saturated heterocycles. The first-order valence-corrected chi connectivity index (χ1v) is 7.76. The standard InChI is InChI=1S/C13H28N2S.ClH/c1-2-3-4-5-6-7-8-9-10-11-12-16-13(14)15;/h2-12H2,1H3,(H3,14,15);1H. The Bertz CT molecular complexity index is 165. The lowest BCUT2D eigenvalue weighted by Crippen LogP contribution is -3.00. The third-order valence-corrected chi connectivity index (χ3v) is 3.59. The van der Waals surface area contributed by atoms with E-state index in [4.69, 9.17) is 11.1 Å². The molecule has 0 fully saturated rings. The molecule has 0 heterocycles. The van der Waals surface area contributed by atoms with Crippen molar-refractivity contribution >= 4 is 16.9 Å². The van der Waals surface area contributed by atoms with Crippen LogP contribution in [0.2, 0.25) is 0 Å². The van der Waals surface area contributed by atoms with Gasteiger partial charge in [0, 0.05) is 5.75 Å². The zero-order chi connectivity index (χ0) is 12.1. The van der Waals surface area contributed by atoms with Crippen molar-refractivity contribution in [1.82, 2.24) is 0 Å². The van der Waals surface area contributed by atoms with Crippen molar-refractivity contribution in [2.24, 2.45) is 5.73 Å². The maximum atomic E-state index is 5.37. The second-order valence-electron chi connectivity index (χ2n) is 4.43. The number of hydrogen-bond donors (Lipinski definition) is 2. The minimum absolute atomic E-state index is 0. The summed E-state index contributed by atoms with van der Waals surface area (Å²) in [5, 5.41) is 5.88. The maximum Gasteiger partial charge on any atom is 0.299 e. The van der Waals surface area contributed by atoms with E-state index in [1.54, 1.807) is 11.8 Å². The molecule has 0 bridgehead atoms. The normalized spacial score (nSPS) is 9.94. The molecule has 0 rings (SSSR count). The van der Waals surface area contributed by atoms with E-state index in [1.165, 1.54) is 64.2 Å². The summed E-state index contributed by atoms with van der Waals surface area (Å²) in [6.07, 6.45) is 13.8. The Morgan fingerprint density at radius 1 is 0.882 bits per heavy atom. The predicted molar refractivity (Wildman–Crippen MR) is 75.4 cm³/mol. The Morgan fingerprint density at radius 2 is 1.29 bits per heavy atom. The van der Waals surface area contributed by atoms with Crippen molar-refractivity contribution in [2.45, 2.75) is 71.1 Å². The molecule has 0 aliphatic carbocycles. The van der Waals surface area contributed by atoms with Crippen LogP contribution >= 0.6 is 11.8 Å². The lowest BCUT2D eigenvalue weighted by Gasteiger charge is -2.01. The van der Waals surface area contributed by atoms with Crippen LogP contribution in [0.25, 0.3) is 0 Å². The van der Waals surface area contributed by atoms with Crippen LogP contribution in [0.3, 0.4) is 0 Å². The third-order valence-electron chi connectivity index (χ3n) is 2.77. The topological polar surface area (TPSA) is 51.6 Å². The Morgan fingerprint density at radius 3 is 1.71 bits per heavy atom. The molecule has 4 N–H and O–H groups in total. The predicted octanol–water partition coefficient (Wildman–Crippen LogP) is -0.282. The highest BCUT2D eigenvalue weighted by Crippen LogP contribution is 2.11. The number of rotatable bonds is 11. The zero-order valence-electron chi connectivity index (χ0n) is 11.2. The van der Waals surface area contributed by atoms with Crippen LogP contribution in [-0.2, 0) is 0 Å². The van der Waals surface area contributed by atoms with Gasteiger partial charge in [-0.2, -0.15) is 0 Å². The Kier molecular flexibility index (Phi) is 18.4. The minimum atomic E-state index is 0. The van der Waals surface area contributed by atoms with Gasteiger partial charge in [0.05, 0.1) is 0 Å². The summed E-state index contributed by atoms with van der Waals surface area (Å²) in [5.41, 5.74) is 5.37. The van der Waals surface area contributed by atoms with Crippen molar-refractivity contribution < 1.29 is 17.8 Å². The van der Waals surface area contributed by atoms with E-state index < -0.39 is 0 Å². The van der Waals surface area contributed by atoms with Gasteiger partial charge in [0.25, 0.3) is 5.17 Å². The third kappa shape index (κ3) is 18.7. The fraction of sp³-hybridized carbons (Fsp3) is 0.923. The number of unbranched alkanes of at least 4 members (excludes halogenated alkanes) is 9. The van der Waals surface area contributed by atoms with Crippen LogP contribution in [0.15, 0.2) is 0 Å². The van der Waals surface area contributed by atoms with Gasteiger partial charge in [0.15, 0.2) is 0 Å². The first-order chi connectivity index (χ1) is 7.77. The van der Waals surface area contributed by atoms with Crippen molar-refractivity contribution in [1.29, 1.82) is 0 Å². The Labute approximate surface area is 117 Å². The molecule has 0 atom stereocenters. The van der Waals surface area contributed by atoms with E-state index in [1.807, 2.05) is 0 Å². The summed E-state index contributed by atoms with van der Waals surface area (Å²) < 4.78 is 0. The molecule has 0 aromatic heterocycles. The van der Waals surface area contributed by atoms with Crippen LogP contribution in [-0.4, -0.2) is 10.9 Å². The van der Waals surface area contributed by atoms with E-state index in [0.29, 0.717) is 5.17 Å². The first-order valence-electron chi connectivity index (χ1n) is 6.78. The van der Waals surface area contributed by atoms with Crippen LogP contribution in [0.1, 0.15) is 71.1 Å². The molecular formula is C13H29ClN2S. The Balaban J connectivity index is 0. The number of hydrogen-bond acceptors (Lipinski definition) is 1. The molecule has 4 heteroatoms. The van der Waals surface area contributed by atoms with Gasteiger partial charge in [-0.25, -0.2) is 0 Å². The van der Waals surface area contributed by atoms with E-state index in [-0.39, 0.29) is 12.4 Å². The van der Waals surface area contributed by atoms with Crippen LogP contribution in [0, 0.1) is 0 Å². The lowest BCUT2D eigenvalue weighted by atomic mass is 10.1. The second-order valence-corrected chi connectivity index (χ2v) is 5.60. The van der Waals surface area contributed by atoms with E-state index in [2.05, 4.69) is 6.92 Å². The molecule has 2 nitrogen and oxygen atoms in total. The summed E-state index contributed by atoms with van der Waals surface area (Å²) in [6.45, 7) is 2.27. The van der Waals surface area contributed by atoms with Crippen LogP contribution in [0.4, 0.5) is 0 Å². The van der Waals surface area contributed by atoms with Crippen LogP contribution < -0.4 is 23.5 Å². The highest BCUT2D eigenvalue weighted by Gasteiger charge is 1.96. The largest absolute Gasteiger partial charge is 1.00 e. The summed E-state index contributed by atoms with van der Waals surface area (Å²) in [4.78, 5) is 0.